The van der Waals surface area contributed by atoms with Crippen LogP contribution in [-0.2, 0) is 4.79 Å². The maximum atomic E-state index is 12.3. The highest BCUT2D eigenvalue weighted by atomic mass is 79.9. The summed E-state index contributed by atoms with van der Waals surface area (Å²) < 4.78 is 2.86. The largest absolute Gasteiger partial charge is 0.272 e. The van der Waals surface area contributed by atoms with Crippen LogP contribution in [0.1, 0.15) is 5.56 Å². The van der Waals surface area contributed by atoms with Crippen LogP contribution in [0.4, 0.5) is 0 Å². The van der Waals surface area contributed by atoms with Gasteiger partial charge in [0.1, 0.15) is 0 Å². The molecule has 1 amide bonds. The van der Waals surface area contributed by atoms with Gasteiger partial charge in [0, 0.05) is 33.1 Å². The molecule has 1 N–H and O–H groups in total. The number of rotatable bonds is 7. The average Bonchev–Trinajstić information content (AvgIpc) is 3.24. The lowest BCUT2D eigenvalue weighted by atomic mass is 10.2. The number of nitrogens with one attached hydrogen (secondary N) is 1. The molecule has 2 heterocycles. The van der Waals surface area contributed by atoms with Crippen LogP contribution in [-0.4, -0.2) is 37.6 Å². The van der Waals surface area contributed by atoms with E-state index in [2.05, 4.69) is 41.6 Å². The van der Waals surface area contributed by atoms with Gasteiger partial charge in [-0.1, -0.05) is 51.4 Å². The number of aromatic nitrogens is 4. The van der Waals surface area contributed by atoms with Crippen LogP contribution >= 0.6 is 39.3 Å². The molecule has 0 spiro atoms. The Balaban J connectivity index is 1.49. The summed E-state index contributed by atoms with van der Waals surface area (Å²) in [6, 6.07) is 18.7. The summed E-state index contributed by atoms with van der Waals surface area (Å²) in [6.45, 7) is 0. The Morgan fingerprint density at radius 2 is 1.91 bits per heavy atom. The van der Waals surface area contributed by atoms with Gasteiger partial charge in [0.05, 0.1) is 12.0 Å². The molecule has 0 unspecified atom stereocenters. The highest BCUT2D eigenvalue weighted by molar-refractivity contribution is 9.10. The Hall–Kier alpha value is -3.01. The van der Waals surface area contributed by atoms with Crippen molar-refractivity contribution < 1.29 is 4.79 Å². The maximum Gasteiger partial charge on any atom is 0.250 e. The topological polar surface area (TPSA) is 85.1 Å². The molecular weight excluding hydrogens is 512 g/mol. The molecule has 2 aromatic carbocycles. The quantitative estimate of drug-likeness (QED) is 0.208. The first-order chi connectivity index (χ1) is 15.6. The molecule has 0 bridgehead atoms. The van der Waals surface area contributed by atoms with Crippen LogP contribution in [0.5, 0.6) is 0 Å². The Morgan fingerprint density at radius 3 is 2.62 bits per heavy atom. The van der Waals surface area contributed by atoms with E-state index < -0.39 is 0 Å². The molecule has 2 aromatic heterocycles. The van der Waals surface area contributed by atoms with Gasteiger partial charge in [-0.05, 0) is 54.1 Å². The molecule has 0 aliphatic heterocycles. The number of thioether (sulfide) groups is 1. The summed E-state index contributed by atoms with van der Waals surface area (Å²) in [4.78, 5) is 16.5. The fourth-order valence-electron chi connectivity index (χ4n) is 2.76. The first-order valence-corrected chi connectivity index (χ1v) is 11.6. The molecule has 0 atom stereocenters. The van der Waals surface area contributed by atoms with Crippen molar-refractivity contribution in [2.45, 2.75) is 5.16 Å². The second-order valence-electron chi connectivity index (χ2n) is 6.49. The normalized spacial score (nSPS) is 11.1. The number of amides is 1. The van der Waals surface area contributed by atoms with Crippen LogP contribution < -0.4 is 5.43 Å². The lowest BCUT2D eigenvalue weighted by Gasteiger charge is -2.10. The van der Waals surface area contributed by atoms with Gasteiger partial charge in [0.2, 0.25) is 0 Å². The van der Waals surface area contributed by atoms with Gasteiger partial charge >= 0.3 is 0 Å². The Kier molecular flexibility index (Phi) is 7.31. The molecular formula is C22H16BrClN6OS. The first-order valence-electron chi connectivity index (χ1n) is 9.42. The van der Waals surface area contributed by atoms with Crippen molar-refractivity contribution in [1.29, 1.82) is 0 Å². The number of benzene rings is 2. The molecule has 10 heteroatoms. The Morgan fingerprint density at radius 1 is 1.12 bits per heavy atom. The summed E-state index contributed by atoms with van der Waals surface area (Å²) in [7, 11) is 0. The summed E-state index contributed by atoms with van der Waals surface area (Å²) >= 11 is 10.6. The van der Waals surface area contributed by atoms with Crippen LogP contribution in [0.25, 0.3) is 17.1 Å². The highest BCUT2D eigenvalue weighted by Crippen LogP contribution is 2.28. The molecule has 4 rings (SSSR count). The smallest absolute Gasteiger partial charge is 0.250 e. The number of nitrogens with zero attached hydrogens (tertiary/aromatic N) is 5. The Bertz CT molecular complexity index is 1230. The van der Waals surface area contributed by atoms with Gasteiger partial charge < -0.3 is 0 Å². The van der Waals surface area contributed by atoms with E-state index in [0.717, 1.165) is 21.3 Å². The number of hydrogen-bond donors (Lipinski definition) is 1. The van der Waals surface area contributed by atoms with Gasteiger partial charge in [-0.15, -0.1) is 10.2 Å². The second kappa shape index (κ2) is 10.5. The van der Waals surface area contributed by atoms with Crippen molar-refractivity contribution >= 4 is 51.4 Å². The molecule has 0 fully saturated rings. The number of halogens is 2. The van der Waals surface area contributed by atoms with E-state index in [9.17, 15) is 4.79 Å². The van der Waals surface area contributed by atoms with Crippen molar-refractivity contribution in [1.82, 2.24) is 25.2 Å². The fraction of sp³-hybridized carbons (Fsp3) is 0.0455. The maximum absolute atomic E-state index is 12.3. The number of carbonyl (C=O) groups is 1. The molecule has 0 saturated heterocycles. The zero-order valence-corrected chi connectivity index (χ0v) is 19.7. The highest BCUT2D eigenvalue weighted by Gasteiger charge is 2.17. The molecule has 160 valence electrons. The van der Waals surface area contributed by atoms with E-state index in [1.165, 1.54) is 11.8 Å². The summed E-state index contributed by atoms with van der Waals surface area (Å²) in [5.41, 5.74) is 5.06. The van der Waals surface area contributed by atoms with E-state index in [1.807, 2.05) is 53.1 Å². The van der Waals surface area contributed by atoms with Crippen LogP contribution in [0.15, 0.2) is 87.8 Å². The van der Waals surface area contributed by atoms with Crippen molar-refractivity contribution in [3.63, 3.8) is 0 Å². The minimum absolute atomic E-state index is 0.125. The van der Waals surface area contributed by atoms with E-state index in [4.69, 9.17) is 11.6 Å². The van der Waals surface area contributed by atoms with E-state index in [1.54, 1.807) is 30.7 Å². The molecule has 7 nitrogen and oxygen atoms in total. The van der Waals surface area contributed by atoms with Gasteiger partial charge in [0.15, 0.2) is 11.0 Å². The van der Waals surface area contributed by atoms with Crippen LogP contribution in [0.2, 0.25) is 5.02 Å². The molecule has 0 aliphatic rings. The number of carbonyl (C=O) groups excluding carboxylic acids is 1. The summed E-state index contributed by atoms with van der Waals surface area (Å²) in [5, 5.41) is 13.9. The molecule has 4 aromatic rings. The van der Waals surface area contributed by atoms with Gasteiger partial charge in [-0.2, -0.15) is 5.10 Å². The lowest BCUT2D eigenvalue weighted by Crippen LogP contribution is -2.20. The van der Waals surface area contributed by atoms with Crippen LogP contribution in [0, 0.1) is 0 Å². The predicted molar refractivity (Wildman–Crippen MR) is 130 cm³/mol. The van der Waals surface area contributed by atoms with E-state index >= 15 is 0 Å². The van der Waals surface area contributed by atoms with Crippen molar-refractivity contribution in [3.8, 4) is 17.1 Å². The third kappa shape index (κ3) is 5.61. The SMILES string of the molecule is O=C(CSc1nnc(-c2cccnc2)n1-c1ccc(Br)cc1)NN=Cc1ccc(Cl)cc1. The number of hydrogen-bond acceptors (Lipinski definition) is 6. The van der Waals surface area contributed by atoms with Gasteiger partial charge in [0.25, 0.3) is 5.91 Å². The predicted octanol–water partition coefficient (Wildman–Crippen LogP) is 4.99. The first kappa shape index (κ1) is 22.2. The minimum Gasteiger partial charge on any atom is -0.272 e. The molecule has 0 saturated carbocycles. The average molecular weight is 528 g/mol. The van der Waals surface area contributed by atoms with Crippen molar-refractivity contribution in [3.05, 3.63) is 88.1 Å². The van der Waals surface area contributed by atoms with Crippen LogP contribution in [0.3, 0.4) is 0 Å². The zero-order valence-electron chi connectivity index (χ0n) is 16.5. The van der Waals surface area contributed by atoms with E-state index in [-0.39, 0.29) is 11.7 Å². The summed E-state index contributed by atoms with van der Waals surface area (Å²) in [6.07, 6.45) is 4.99. The Labute approximate surface area is 202 Å². The molecule has 0 radical (unpaired) electrons. The molecule has 32 heavy (non-hydrogen) atoms. The number of pyridine rings is 1. The molecule has 0 aliphatic carbocycles. The van der Waals surface area contributed by atoms with E-state index in [0.29, 0.717) is 16.0 Å². The third-order valence-electron chi connectivity index (χ3n) is 4.24. The third-order valence-corrected chi connectivity index (χ3v) is 5.95. The van der Waals surface area contributed by atoms with Crippen molar-refractivity contribution in [2.75, 3.05) is 5.75 Å². The number of hydrazone groups is 1. The standard InChI is InChI=1S/C22H16BrClN6OS/c23-17-5-9-19(10-6-17)30-21(16-2-1-11-25-13-16)28-29-22(30)32-14-20(31)27-26-12-15-3-7-18(24)8-4-15/h1-13H,14H2,(H,27,31). The van der Waals surface area contributed by atoms with Gasteiger partial charge in [-0.25, -0.2) is 5.43 Å². The zero-order chi connectivity index (χ0) is 22.3. The minimum atomic E-state index is -0.256. The second-order valence-corrected chi connectivity index (χ2v) is 8.79. The fourth-order valence-corrected chi connectivity index (χ4v) is 3.89. The van der Waals surface area contributed by atoms with Gasteiger partial charge in [-0.3, -0.25) is 14.3 Å². The van der Waals surface area contributed by atoms with Crippen molar-refractivity contribution in [2.24, 2.45) is 5.10 Å². The monoisotopic (exact) mass is 526 g/mol. The lowest BCUT2D eigenvalue weighted by molar-refractivity contribution is -0.118. The summed E-state index contributed by atoms with van der Waals surface area (Å²) in [5.74, 6) is 0.511.